The highest BCUT2D eigenvalue weighted by molar-refractivity contribution is 6.36. The van der Waals surface area contributed by atoms with Crippen LogP contribution in [0, 0.1) is 17.8 Å². The molecule has 138 valence electrons. The molecule has 0 heterocycles. The van der Waals surface area contributed by atoms with Crippen molar-refractivity contribution < 1.29 is 14.7 Å². The highest BCUT2D eigenvalue weighted by Gasteiger charge is 2.48. The summed E-state index contributed by atoms with van der Waals surface area (Å²) >= 11 is 11.9. The lowest BCUT2D eigenvalue weighted by Crippen LogP contribution is -2.57. The second kappa shape index (κ2) is 8.07. The molecule has 25 heavy (non-hydrogen) atoms. The van der Waals surface area contributed by atoms with Crippen LogP contribution in [0.5, 0.6) is 0 Å². The number of benzene rings is 1. The molecule has 1 amide bonds. The molecule has 1 aromatic rings. The van der Waals surface area contributed by atoms with Gasteiger partial charge in [0.1, 0.15) is 5.60 Å². The van der Waals surface area contributed by atoms with E-state index in [1.807, 2.05) is 20.8 Å². The molecule has 0 aliphatic heterocycles. The number of rotatable bonds is 5. The minimum Gasteiger partial charge on any atom is -0.380 e. The number of hydrogen-bond acceptors (Lipinski definition) is 3. The summed E-state index contributed by atoms with van der Waals surface area (Å²) in [5.41, 5.74) is -1.13. The molecule has 1 saturated carbocycles. The van der Waals surface area contributed by atoms with Gasteiger partial charge in [-0.25, -0.2) is 0 Å². The first-order valence-corrected chi connectivity index (χ1v) is 9.39. The van der Waals surface area contributed by atoms with Crippen LogP contribution >= 0.6 is 23.2 Å². The number of aliphatic hydroxyl groups is 1. The SMILES string of the molecule is CC1CCC(C(C)C)C(O)(C(=O)NCC(=O)c2ccc(Cl)cc2Cl)C1. The molecule has 6 heteroatoms. The van der Waals surface area contributed by atoms with Gasteiger partial charge in [-0.05, 0) is 48.8 Å². The Morgan fingerprint density at radius 1 is 1.32 bits per heavy atom. The van der Waals surface area contributed by atoms with E-state index in [1.165, 1.54) is 12.1 Å². The number of halogens is 2. The molecule has 0 radical (unpaired) electrons. The van der Waals surface area contributed by atoms with Gasteiger partial charge in [-0.3, -0.25) is 9.59 Å². The Bertz CT molecular complexity index is 662. The van der Waals surface area contributed by atoms with Gasteiger partial charge in [0.15, 0.2) is 5.78 Å². The summed E-state index contributed by atoms with van der Waals surface area (Å²) in [4.78, 5) is 25.0. The van der Waals surface area contributed by atoms with Gasteiger partial charge in [0.05, 0.1) is 11.6 Å². The van der Waals surface area contributed by atoms with Crippen molar-refractivity contribution in [1.82, 2.24) is 5.32 Å². The van der Waals surface area contributed by atoms with Gasteiger partial charge in [0.2, 0.25) is 0 Å². The fraction of sp³-hybridized carbons (Fsp3) is 0.579. The Labute approximate surface area is 158 Å². The van der Waals surface area contributed by atoms with E-state index < -0.39 is 11.5 Å². The maximum atomic E-state index is 12.7. The maximum absolute atomic E-state index is 12.7. The number of amides is 1. The van der Waals surface area contributed by atoms with Crippen molar-refractivity contribution in [2.45, 2.75) is 45.6 Å². The minimum atomic E-state index is -1.43. The van der Waals surface area contributed by atoms with E-state index >= 15 is 0 Å². The summed E-state index contributed by atoms with van der Waals surface area (Å²) in [6, 6.07) is 4.60. The fourth-order valence-corrected chi connectivity index (χ4v) is 4.27. The highest BCUT2D eigenvalue weighted by atomic mass is 35.5. The van der Waals surface area contributed by atoms with Crippen molar-refractivity contribution in [3.8, 4) is 0 Å². The molecule has 2 rings (SSSR count). The summed E-state index contributed by atoms with van der Waals surface area (Å²) in [5.74, 6) is -0.450. The molecule has 1 fully saturated rings. The van der Waals surface area contributed by atoms with Gasteiger partial charge in [-0.2, -0.15) is 0 Å². The number of nitrogens with one attached hydrogen (secondary N) is 1. The van der Waals surface area contributed by atoms with Crippen molar-refractivity contribution >= 4 is 34.9 Å². The Balaban J connectivity index is 2.08. The summed E-state index contributed by atoms with van der Waals surface area (Å²) in [5, 5.41) is 14.3. The molecule has 3 unspecified atom stereocenters. The Morgan fingerprint density at radius 3 is 2.60 bits per heavy atom. The van der Waals surface area contributed by atoms with Crippen LogP contribution in [0.15, 0.2) is 18.2 Å². The van der Waals surface area contributed by atoms with E-state index in [1.54, 1.807) is 6.07 Å². The number of carbonyl (C=O) groups excluding carboxylic acids is 2. The van der Waals surface area contributed by atoms with Gasteiger partial charge in [-0.1, -0.05) is 50.4 Å². The van der Waals surface area contributed by atoms with Crippen LogP contribution in [-0.2, 0) is 4.79 Å². The van der Waals surface area contributed by atoms with Crippen LogP contribution in [0.4, 0.5) is 0 Å². The zero-order chi connectivity index (χ0) is 18.8. The Morgan fingerprint density at radius 2 is 2.00 bits per heavy atom. The number of Topliss-reactive ketones (excluding diaryl/α,β-unsaturated/α-hetero) is 1. The lowest BCUT2D eigenvalue weighted by molar-refractivity contribution is -0.155. The zero-order valence-electron chi connectivity index (χ0n) is 14.8. The second-order valence-electron chi connectivity index (χ2n) is 7.39. The molecule has 0 saturated heterocycles. The number of hydrogen-bond donors (Lipinski definition) is 2. The van der Waals surface area contributed by atoms with E-state index in [-0.39, 0.29) is 35.1 Å². The third-order valence-corrected chi connectivity index (χ3v) is 5.63. The van der Waals surface area contributed by atoms with E-state index in [0.717, 1.165) is 12.8 Å². The van der Waals surface area contributed by atoms with Crippen LogP contribution in [0.2, 0.25) is 10.0 Å². The maximum Gasteiger partial charge on any atom is 0.252 e. The predicted octanol–water partition coefficient (Wildman–Crippen LogP) is 4.12. The first-order chi connectivity index (χ1) is 11.6. The smallest absolute Gasteiger partial charge is 0.252 e. The van der Waals surface area contributed by atoms with E-state index in [4.69, 9.17) is 23.2 Å². The third kappa shape index (κ3) is 4.55. The summed E-state index contributed by atoms with van der Waals surface area (Å²) < 4.78 is 0. The lowest BCUT2D eigenvalue weighted by Gasteiger charge is -2.43. The van der Waals surface area contributed by atoms with Crippen LogP contribution in [0.25, 0.3) is 0 Å². The summed E-state index contributed by atoms with van der Waals surface area (Å²) in [6.45, 7) is 5.85. The van der Waals surface area contributed by atoms with Crippen molar-refractivity contribution in [2.24, 2.45) is 17.8 Å². The molecule has 0 spiro atoms. The molecular weight excluding hydrogens is 361 g/mol. The van der Waals surface area contributed by atoms with E-state index in [0.29, 0.717) is 17.0 Å². The topological polar surface area (TPSA) is 66.4 Å². The number of carbonyl (C=O) groups is 2. The van der Waals surface area contributed by atoms with Crippen molar-refractivity contribution in [1.29, 1.82) is 0 Å². The Hall–Kier alpha value is -1.10. The average Bonchev–Trinajstić information content (AvgIpc) is 2.51. The van der Waals surface area contributed by atoms with Gasteiger partial charge < -0.3 is 10.4 Å². The molecule has 1 aromatic carbocycles. The zero-order valence-corrected chi connectivity index (χ0v) is 16.3. The third-order valence-electron chi connectivity index (χ3n) is 5.08. The monoisotopic (exact) mass is 385 g/mol. The molecule has 0 bridgehead atoms. The quantitative estimate of drug-likeness (QED) is 0.749. The summed E-state index contributed by atoms with van der Waals surface area (Å²) in [7, 11) is 0. The largest absolute Gasteiger partial charge is 0.380 e. The van der Waals surface area contributed by atoms with Gasteiger partial charge >= 0.3 is 0 Å². The second-order valence-corrected chi connectivity index (χ2v) is 8.24. The molecular formula is C19H25Cl2NO3. The van der Waals surface area contributed by atoms with Crippen LogP contribution in [0.3, 0.4) is 0 Å². The van der Waals surface area contributed by atoms with E-state index in [9.17, 15) is 14.7 Å². The fourth-order valence-electron chi connectivity index (χ4n) is 3.76. The standard InChI is InChI=1S/C19H25Cl2NO3/c1-11(2)15-7-4-12(3)9-19(15,25)18(24)22-10-17(23)14-6-5-13(20)8-16(14)21/h5-6,8,11-12,15,25H,4,7,9-10H2,1-3H3,(H,22,24). The van der Waals surface area contributed by atoms with Crippen molar-refractivity contribution in [2.75, 3.05) is 6.54 Å². The molecule has 1 aliphatic rings. The first kappa shape index (κ1) is 20.2. The van der Waals surface area contributed by atoms with Crippen LogP contribution in [0.1, 0.15) is 50.4 Å². The van der Waals surface area contributed by atoms with Gasteiger partial charge in [0, 0.05) is 10.6 Å². The van der Waals surface area contributed by atoms with Crippen molar-refractivity contribution in [3.63, 3.8) is 0 Å². The van der Waals surface area contributed by atoms with Crippen molar-refractivity contribution in [3.05, 3.63) is 33.8 Å². The molecule has 4 nitrogen and oxygen atoms in total. The lowest BCUT2D eigenvalue weighted by atomic mass is 9.66. The van der Waals surface area contributed by atoms with E-state index in [2.05, 4.69) is 5.32 Å². The van der Waals surface area contributed by atoms with Crippen LogP contribution in [-0.4, -0.2) is 28.9 Å². The molecule has 0 aromatic heterocycles. The normalized spacial score (nSPS) is 26.5. The predicted molar refractivity (Wildman–Crippen MR) is 100 cm³/mol. The average molecular weight is 386 g/mol. The number of ketones is 1. The molecule has 3 atom stereocenters. The first-order valence-electron chi connectivity index (χ1n) is 8.64. The Kier molecular flexibility index (Phi) is 6.52. The van der Waals surface area contributed by atoms with Gasteiger partial charge in [0.25, 0.3) is 5.91 Å². The molecule has 1 aliphatic carbocycles. The minimum absolute atomic E-state index is 0.113. The highest BCUT2D eigenvalue weighted by Crippen LogP contribution is 2.41. The molecule has 2 N–H and O–H groups in total. The van der Waals surface area contributed by atoms with Crippen LogP contribution < -0.4 is 5.32 Å². The van der Waals surface area contributed by atoms with Gasteiger partial charge in [-0.15, -0.1) is 0 Å². The summed E-state index contributed by atoms with van der Waals surface area (Å²) in [6.07, 6.45) is 2.22.